The number of para-hydroxylation sites is 2. The first-order valence-corrected chi connectivity index (χ1v) is 4.77. The number of hydrazone groups is 1. The molecule has 16 heavy (non-hydrogen) atoms. The quantitative estimate of drug-likeness (QED) is 0.497. The van der Waals surface area contributed by atoms with Crippen molar-refractivity contribution in [2.75, 3.05) is 19.6 Å². The van der Waals surface area contributed by atoms with E-state index in [2.05, 4.69) is 15.3 Å². The van der Waals surface area contributed by atoms with Crippen LogP contribution in [-0.4, -0.2) is 25.4 Å². The molecule has 0 saturated heterocycles. The van der Waals surface area contributed by atoms with E-state index < -0.39 is 5.97 Å². The van der Waals surface area contributed by atoms with Crippen molar-refractivity contribution < 1.29 is 14.3 Å². The lowest BCUT2D eigenvalue weighted by molar-refractivity contribution is -0.132. The zero-order chi connectivity index (χ0) is 12.0. The molecule has 0 aliphatic rings. The van der Waals surface area contributed by atoms with E-state index in [1.807, 2.05) is 6.07 Å². The van der Waals surface area contributed by atoms with E-state index in [0.717, 1.165) is 0 Å². The molecular formula is C10H11ClN2O3. The Hall–Kier alpha value is -1.75. The van der Waals surface area contributed by atoms with Gasteiger partial charge in [0.15, 0.2) is 0 Å². The second-order valence-electron chi connectivity index (χ2n) is 2.71. The van der Waals surface area contributed by atoms with E-state index in [9.17, 15) is 4.79 Å². The van der Waals surface area contributed by atoms with Crippen molar-refractivity contribution >= 4 is 28.4 Å². The van der Waals surface area contributed by atoms with Crippen LogP contribution in [0.2, 0.25) is 0 Å². The minimum Gasteiger partial charge on any atom is -0.495 e. The molecule has 0 saturated carbocycles. The molecule has 0 bridgehead atoms. The number of carbonyl (C=O) groups is 1. The van der Waals surface area contributed by atoms with Gasteiger partial charge in [0.05, 0.1) is 19.9 Å². The topological polar surface area (TPSA) is 59.9 Å². The smallest absolute Gasteiger partial charge is 0.370 e. The summed E-state index contributed by atoms with van der Waals surface area (Å²) in [6, 6.07) is 7.11. The van der Waals surface area contributed by atoms with E-state index in [1.165, 1.54) is 14.2 Å². The molecule has 0 aromatic heterocycles. The third-order valence-electron chi connectivity index (χ3n) is 1.74. The Labute approximate surface area is 98.0 Å². The molecule has 0 aliphatic heterocycles. The highest BCUT2D eigenvalue weighted by molar-refractivity contribution is 6.82. The van der Waals surface area contributed by atoms with E-state index >= 15 is 0 Å². The van der Waals surface area contributed by atoms with Gasteiger partial charge in [-0.25, -0.2) is 4.79 Å². The van der Waals surface area contributed by atoms with Crippen LogP contribution in [0.4, 0.5) is 5.69 Å². The molecule has 1 aromatic carbocycles. The number of hydrogen-bond donors (Lipinski definition) is 1. The normalized spacial score (nSPS) is 10.8. The number of nitrogens with one attached hydrogen (secondary N) is 1. The van der Waals surface area contributed by atoms with Crippen LogP contribution in [0.15, 0.2) is 29.4 Å². The molecule has 0 fully saturated rings. The molecule has 1 N–H and O–H groups in total. The number of nitrogens with zero attached hydrogens (tertiary/aromatic N) is 1. The van der Waals surface area contributed by atoms with Gasteiger partial charge in [-0.1, -0.05) is 23.7 Å². The lowest BCUT2D eigenvalue weighted by Gasteiger charge is -2.06. The zero-order valence-electron chi connectivity index (χ0n) is 8.86. The number of esters is 1. The molecule has 0 heterocycles. The summed E-state index contributed by atoms with van der Waals surface area (Å²) in [7, 11) is 2.76. The van der Waals surface area contributed by atoms with Gasteiger partial charge in [0, 0.05) is 0 Å². The van der Waals surface area contributed by atoms with Crippen molar-refractivity contribution in [3.05, 3.63) is 24.3 Å². The molecule has 86 valence electrons. The second kappa shape index (κ2) is 5.97. The Balaban J connectivity index is 2.77. The van der Waals surface area contributed by atoms with Crippen LogP contribution >= 0.6 is 11.6 Å². The summed E-state index contributed by atoms with van der Waals surface area (Å²) in [6.45, 7) is 0. The van der Waals surface area contributed by atoms with Crippen LogP contribution in [0.3, 0.4) is 0 Å². The van der Waals surface area contributed by atoms with Crippen molar-refractivity contribution in [1.29, 1.82) is 0 Å². The number of benzene rings is 1. The van der Waals surface area contributed by atoms with Crippen molar-refractivity contribution in [3.8, 4) is 5.75 Å². The number of anilines is 1. The maximum absolute atomic E-state index is 10.9. The summed E-state index contributed by atoms with van der Waals surface area (Å²) in [6.07, 6.45) is 0. The monoisotopic (exact) mass is 242 g/mol. The van der Waals surface area contributed by atoms with Crippen molar-refractivity contribution in [2.45, 2.75) is 0 Å². The molecule has 0 spiro atoms. The molecule has 0 amide bonds. The van der Waals surface area contributed by atoms with Crippen molar-refractivity contribution in [3.63, 3.8) is 0 Å². The molecule has 1 rings (SSSR count). The predicted octanol–water partition coefficient (Wildman–Crippen LogP) is 1.83. The molecule has 0 unspecified atom stereocenters. The van der Waals surface area contributed by atoms with Crippen LogP contribution in [0.5, 0.6) is 5.75 Å². The van der Waals surface area contributed by atoms with Crippen LogP contribution in [0, 0.1) is 0 Å². The van der Waals surface area contributed by atoms with Crippen LogP contribution in [0.25, 0.3) is 0 Å². The first kappa shape index (κ1) is 12.3. The van der Waals surface area contributed by atoms with Gasteiger partial charge in [-0.3, -0.25) is 5.43 Å². The average molecular weight is 243 g/mol. The number of halogens is 1. The Morgan fingerprint density at radius 2 is 2.06 bits per heavy atom. The fourth-order valence-corrected chi connectivity index (χ4v) is 1.10. The molecule has 1 aromatic rings. The van der Waals surface area contributed by atoms with Crippen molar-refractivity contribution in [1.82, 2.24) is 0 Å². The lowest BCUT2D eigenvalue weighted by Crippen LogP contribution is -2.11. The summed E-state index contributed by atoms with van der Waals surface area (Å²) in [4.78, 5) is 10.9. The Kier molecular flexibility index (Phi) is 4.60. The number of ether oxygens (including phenoxy) is 2. The summed E-state index contributed by atoms with van der Waals surface area (Å²) >= 11 is 5.55. The zero-order valence-corrected chi connectivity index (χ0v) is 9.62. The maximum atomic E-state index is 10.9. The van der Waals surface area contributed by atoms with Crippen LogP contribution in [0.1, 0.15) is 0 Å². The summed E-state index contributed by atoms with van der Waals surface area (Å²) < 4.78 is 9.46. The molecular weight excluding hydrogens is 232 g/mol. The second-order valence-corrected chi connectivity index (χ2v) is 3.06. The number of rotatable bonds is 4. The fourth-order valence-electron chi connectivity index (χ4n) is 0.976. The van der Waals surface area contributed by atoms with Gasteiger partial charge in [-0.05, 0) is 12.1 Å². The molecule has 6 heteroatoms. The third-order valence-corrected chi connectivity index (χ3v) is 1.97. The first-order chi connectivity index (χ1) is 7.69. The number of methoxy groups -OCH3 is 2. The van der Waals surface area contributed by atoms with Gasteiger partial charge in [0.1, 0.15) is 5.75 Å². The third kappa shape index (κ3) is 3.13. The van der Waals surface area contributed by atoms with Crippen LogP contribution < -0.4 is 10.2 Å². The highest BCUT2D eigenvalue weighted by Crippen LogP contribution is 2.22. The van der Waals surface area contributed by atoms with Crippen molar-refractivity contribution in [2.24, 2.45) is 5.10 Å². The fraction of sp³-hybridized carbons (Fsp3) is 0.200. The van der Waals surface area contributed by atoms with Gasteiger partial charge in [0.2, 0.25) is 5.17 Å². The maximum Gasteiger partial charge on any atom is 0.370 e. The standard InChI is InChI=1S/C10H11ClN2O3/c1-15-8-6-4-3-5-7(8)12-13-9(11)10(14)16-2/h3-6,12H,1-2H3/b13-9-. The summed E-state index contributed by atoms with van der Waals surface area (Å²) in [5.41, 5.74) is 3.21. The number of carbonyl (C=O) groups excluding carboxylic acids is 1. The minimum absolute atomic E-state index is 0.284. The molecule has 0 radical (unpaired) electrons. The minimum atomic E-state index is -0.705. The van der Waals surface area contributed by atoms with E-state index in [-0.39, 0.29) is 5.17 Å². The molecule has 0 atom stereocenters. The molecule has 0 aliphatic carbocycles. The van der Waals surface area contributed by atoms with Gasteiger partial charge in [-0.15, -0.1) is 0 Å². The lowest BCUT2D eigenvalue weighted by atomic mass is 10.3. The van der Waals surface area contributed by atoms with Gasteiger partial charge in [-0.2, -0.15) is 5.10 Å². The first-order valence-electron chi connectivity index (χ1n) is 4.39. The van der Waals surface area contributed by atoms with Gasteiger partial charge < -0.3 is 9.47 Å². The van der Waals surface area contributed by atoms with E-state index in [4.69, 9.17) is 16.3 Å². The average Bonchev–Trinajstić information content (AvgIpc) is 2.35. The van der Waals surface area contributed by atoms with E-state index in [0.29, 0.717) is 11.4 Å². The van der Waals surface area contributed by atoms with Gasteiger partial charge in [0.25, 0.3) is 0 Å². The van der Waals surface area contributed by atoms with E-state index in [1.54, 1.807) is 18.2 Å². The Morgan fingerprint density at radius 1 is 1.38 bits per heavy atom. The Bertz CT molecular complexity index is 407. The summed E-state index contributed by atoms with van der Waals surface area (Å²) in [5.74, 6) is -0.107. The number of hydrogen-bond acceptors (Lipinski definition) is 5. The highest BCUT2D eigenvalue weighted by Gasteiger charge is 2.08. The van der Waals surface area contributed by atoms with Crippen LogP contribution in [-0.2, 0) is 9.53 Å². The highest BCUT2D eigenvalue weighted by atomic mass is 35.5. The molecule has 5 nitrogen and oxygen atoms in total. The predicted molar refractivity (Wildman–Crippen MR) is 61.9 cm³/mol. The van der Waals surface area contributed by atoms with Gasteiger partial charge >= 0.3 is 5.97 Å². The largest absolute Gasteiger partial charge is 0.495 e. The summed E-state index contributed by atoms with van der Waals surface area (Å²) in [5, 5.41) is 3.37. The SMILES string of the molecule is COC(=O)/C(Cl)=N/Nc1ccccc1OC. The Morgan fingerprint density at radius 3 is 2.69 bits per heavy atom.